The minimum absolute atomic E-state index is 0. The first-order valence-corrected chi connectivity index (χ1v) is 0.548. The SMILES string of the molecule is O.O.O.O.O.O.O.O.O.O=[N+]([O-])[O-].[Th]. The average Bonchev–Trinajstić information content (AvgIpc) is 0.811. The van der Waals surface area contributed by atoms with Gasteiger partial charge < -0.3 is 64.6 Å². The zero-order chi connectivity index (χ0) is 3.58. The van der Waals surface area contributed by atoms with Crippen LogP contribution in [0.15, 0.2) is 0 Å². The Balaban J connectivity index is -0.000000001000. The number of rotatable bonds is 0. The topological polar surface area (TPSA) is 350 Å². The molecule has 0 unspecified atom stereocenters. The molecule has 0 amide bonds. The van der Waals surface area contributed by atoms with Crippen molar-refractivity contribution in [2.45, 2.75) is 0 Å². The van der Waals surface area contributed by atoms with E-state index in [1.165, 1.54) is 0 Å². The van der Waals surface area contributed by atoms with E-state index in [9.17, 15) is 0 Å². The van der Waals surface area contributed by atoms with Gasteiger partial charge in [0, 0.05) is 39.9 Å². The molecular weight excluding hydrogens is 438 g/mol. The van der Waals surface area contributed by atoms with Crippen LogP contribution in [0.25, 0.3) is 0 Å². The van der Waals surface area contributed by atoms with Crippen LogP contribution < -0.4 is 0 Å². The molecule has 0 aromatic heterocycles. The van der Waals surface area contributed by atoms with Gasteiger partial charge in [-0.3, -0.25) is 0 Å². The van der Waals surface area contributed by atoms with Gasteiger partial charge in [-0.05, 0) is 0 Å². The van der Waals surface area contributed by atoms with Crippen molar-refractivity contribution in [3.8, 4) is 0 Å². The van der Waals surface area contributed by atoms with Crippen LogP contribution in [0, 0.1) is 55.3 Å². The molecular formula is H18NO12Th-. The molecule has 0 spiro atoms. The van der Waals surface area contributed by atoms with Crippen LogP contribution in [0.2, 0.25) is 0 Å². The summed E-state index contributed by atoms with van der Waals surface area (Å²) in [7, 11) is 0. The Morgan fingerprint density at radius 3 is 0.571 bits per heavy atom. The molecule has 0 atom stereocenters. The van der Waals surface area contributed by atoms with E-state index < -0.39 is 5.09 Å². The van der Waals surface area contributed by atoms with Crippen molar-refractivity contribution in [1.29, 1.82) is 0 Å². The van der Waals surface area contributed by atoms with Crippen LogP contribution in [0.3, 0.4) is 0 Å². The maximum Gasteiger partial charge on any atom is 0.0689 e. The predicted octanol–water partition coefficient (Wildman–Crippen LogP) is -7.66. The summed E-state index contributed by atoms with van der Waals surface area (Å²) in [5.41, 5.74) is 0. The molecule has 0 heterocycles. The Labute approximate surface area is 109 Å². The largest absolute Gasteiger partial charge is 0.412 e. The quantitative estimate of drug-likeness (QED) is 0.253. The van der Waals surface area contributed by atoms with Crippen molar-refractivity contribution in [1.82, 2.24) is 0 Å². The summed E-state index contributed by atoms with van der Waals surface area (Å²) in [5.74, 6) is 0. The van der Waals surface area contributed by atoms with E-state index in [0.717, 1.165) is 0 Å². The van der Waals surface area contributed by atoms with Crippen LogP contribution in [0.4, 0.5) is 0 Å². The summed E-state index contributed by atoms with van der Waals surface area (Å²) >= 11 is 0. The normalized spacial score (nSPS) is 1.71. The number of nitrogens with zero attached hydrogens (tertiary/aromatic N) is 1. The number of hydrogen-bond acceptors (Lipinski definition) is 3. The van der Waals surface area contributed by atoms with E-state index in [4.69, 9.17) is 15.3 Å². The molecule has 18 N–H and O–H groups in total. The molecule has 0 aliphatic heterocycles. The van der Waals surface area contributed by atoms with E-state index in [-0.39, 0.29) is 89.2 Å². The van der Waals surface area contributed by atoms with Gasteiger partial charge >= 0.3 is 0 Å². The standard InChI is InChI=1S/NO3.9H2O.Th/c2-1(3)4;;;;;;;;;;/h;9*1H2;/q-1;;;;;;;;;;. The first kappa shape index (κ1) is 245. The van der Waals surface area contributed by atoms with Gasteiger partial charge in [0.15, 0.2) is 0 Å². The van der Waals surface area contributed by atoms with Crippen molar-refractivity contribution in [2.24, 2.45) is 0 Å². The summed E-state index contributed by atoms with van der Waals surface area (Å²) in [6.45, 7) is 0. The van der Waals surface area contributed by atoms with Gasteiger partial charge in [-0.15, -0.1) is 0 Å². The number of hydrogen-bond donors (Lipinski definition) is 0. The van der Waals surface area contributed by atoms with Crippen molar-refractivity contribution in [2.75, 3.05) is 0 Å². The second-order valence-corrected chi connectivity index (χ2v) is 0.224. The molecule has 14 heteroatoms. The summed E-state index contributed by atoms with van der Waals surface area (Å²) < 4.78 is 0. The van der Waals surface area contributed by atoms with E-state index in [1.54, 1.807) is 0 Å². The monoisotopic (exact) mass is 456 g/mol. The van der Waals surface area contributed by atoms with Crippen molar-refractivity contribution < 1.29 is 94.3 Å². The van der Waals surface area contributed by atoms with Gasteiger partial charge in [-0.2, -0.15) is 0 Å². The van der Waals surface area contributed by atoms with Crippen molar-refractivity contribution >= 4 is 0 Å². The maximum absolute atomic E-state index is 8.25. The van der Waals surface area contributed by atoms with Crippen LogP contribution in [0.5, 0.6) is 0 Å². The van der Waals surface area contributed by atoms with E-state index in [0.29, 0.717) is 0 Å². The predicted molar refractivity (Wildman–Crippen MR) is 42.9 cm³/mol. The van der Waals surface area contributed by atoms with Gasteiger partial charge in [0.05, 0.1) is 5.09 Å². The third kappa shape index (κ3) is 55900. The molecule has 13 nitrogen and oxygen atoms in total. The van der Waals surface area contributed by atoms with Crippen LogP contribution >= 0.6 is 0 Å². The minimum Gasteiger partial charge on any atom is -0.412 e. The summed E-state index contributed by atoms with van der Waals surface area (Å²) in [5, 5.41) is 14.8. The Hall–Kier alpha value is 0.165. The second kappa shape index (κ2) is 195. The van der Waals surface area contributed by atoms with Gasteiger partial charge in [0.1, 0.15) is 0 Å². The molecule has 0 aliphatic rings. The zero-order valence-corrected chi connectivity index (χ0v) is 10.8. The van der Waals surface area contributed by atoms with E-state index >= 15 is 0 Å². The maximum atomic E-state index is 8.25. The molecule has 0 aromatic rings. The average molecular weight is 456 g/mol. The van der Waals surface area contributed by atoms with Crippen LogP contribution in [-0.4, -0.2) is 54.4 Å². The molecule has 0 fully saturated rings. The minimum atomic E-state index is -1.75. The van der Waals surface area contributed by atoms with Crippen molar-refractivity contribution in [3.05, 3.63) is 15.3 Å². The van der Waals surface area contributed by atoms with Crippen LogP contribution in [0.1, 0.15) is 0 Å². The van der Waals surface area contributed by atoms with Gasteiger partial charge in [0.25, 0.3) is 0 Å². The third-order valence-electron chi connectivity index (χ3n) is 0. The molecule has 100 valence electrons. The fraction of sp³-hybridized carbons (Fsp3) is 0. The Morgan fingerprint density at radius 2 is 0.571 bits per heavy atom. The molecule has 0 aliphatic carbocycles. The van der Waals surface area contributed by atoms with Gasteiger partial charge in [-0.25, -0.2) is 0 Å². The molecule has 0 saturated carbocycles. The van der Waals surface area contributed by atoms with E-state index in [2.05, 4.69) is 0 Å². The molecule has 0 aromatic carbocycles. The molecule has 0 rings (SSSR count). The zero-order valence-electron chi connectivity index (χ0n) is 6.67. The first-order chi connectivity index (χ1) is 1.73. The van der Waals surface area contributed by atoms with E-state index in [1.807, 2.05) is 0 Å². The fourth-order valence-electron chi connectivity index (χ4n) is 0. The van der Waals surface area contributed by atoms with Crippen molar-refractivity contribution in [3.63, 3.8) is 0 Å². The van der Waals surface area contributed by atoms with Crippen LogP contribution in [-0.2, 0) is 0 Å². The summed E-state index contributed by atoms with van der Waals surface area (Å²) in [4.78, 5) is 8.25. The summed E-state index contributed by atoms with van der Waals surface area (Å²) in [6, 6.07) is 0. The molecule has 0 radical (unpaired) electrons. The first-order valence-electron chi connectivity index (χ1n) is 0.548. The van der Waals surface area contributed by atoms with Gasteiger partial charge in [-0.1, -0.05) is 0 Å². The fourth-order valence-corrected chi connectivity index (χ4v) is 0. The Bertz CT molecular complexity index is 33.3. The third-order valence-corrected chi connectivity index (χ3v) is 0. The molecule has 0 saturated heterocycles. The Kier molecular flexibility index (Phi) is 3410. The summed E-state index contributed by atoms with van der Waals surface area (Å²) in [6.07, 6.45) is 0. The molecule has 14 heavy (non-hydrogen) atoms. The smallest absolute Gasteiger partial charge is 0.0689 e. The Morgan fingerprint density at radius 1 is 0.571 bits per heavy atom. The molecule has 0 bridgehead atoms. The second-order valence-electron chi connectivity index (χ2n) is 0.224. The van der Waals surface area contributed by atoms with Gasteiger partial charge in [0.2, 0.25) is 0 Å².